The van der Waals surface area contributed by atoms with Crippen LogP contribution in [-0.4, -0.2) is 19.1 Å². The van der Waals surface area contributed by atoms with E-state index in [1.54, 1.807) is 0 Å². The molecule has 26 aromatic carbocycles. The highest BCUT2D eigenvalue weighted by Gasteiger charge is 2.26. The van der Waals surface area contributed by atoms with Gasteiger partial charge >= 0.3 is 0 Å². The zero-order chi connectivity index (χ0) is 95.1. The minimum atomic E-state index is 0.899. The standard InChI is InChI=1S/C75H48N2.C65H42N2/c1-4-20-49(21-5-1)56-44-57(50-22-6-2-7-23-50)46-58(45-56)54-27-18-28-59(47-54)77-71-37-17-16-36-70(71)76-75(77)53-40-38-52(39-41-53)72-60-29-11-10-26-55(60)48-69-61-34-19-35-63(62(61)42-43-68(69)72)74-66-32-14-12-30-64(66)73(51-24-8-3-9-25-51)65-31-13-15-33-67(65)74;1-3-16-43(17-4-1)50-38-51(44-18-5-2-6-19-44)40-52(39-50)48-23-13-24-53(41-48)67-63-31-12-11-30-62(63)66-65(67)47-34-32-46(33-35-47)54-27-15-28-57-58(54)36-37-60-61(57)42-49-21-8-10-26-56(49)64(60)59-29-14-22-45-20-7-9-25-55(45)59/h1-48H;1-42H. The molecule has 28 rings (SSSR count). The molecule has 0 atom stereocenters. The molecule has 0 spiro atoms. The van der Waals surface area contributed by atoms with E-state index >= 15 is 0 Å². The van der Waals surface area contributed by atoms with Crippen molar-refractivity contribution in [1.82, 2.24) is 19.1 Å². The molecule has 0 saturated heterocycles. The molecule has 0 aliphatic heterocycles. The zero-order valence-electron chi connectivity index (χ0n) is 78.8. The van der Waals surface area contributed by atoms with Gasteiger partial charge in [-0.3, -0.25) is 9.13 Å². The number of nitrogens with zero attached hydrogens (tertiary/aromatic N) is 4. The Bertz CT molecular complexity index is 9740. The second kappa shape index (κ2) is 35.8. The van der Waals surface area contributed by atoms with E-state index in [0.717, 1.165) is 78.5 Å². The molecule has 144 heavy (non-hydrogen) atoms. The Balaban J connectivity index is 0.000000145. The van der Waals surface area contributed by atoms with Crippen LogP contribution >= 0.6 is 0 Å². The third-order valence-electron chi connectivity index (χ3n) is 29.3. The van der Waals surface area contributed by atoms with Gasteiger partial charge in [-0.25, -0.2) is 9.97 Å². The van der Waals surface area contributed by atoms with E-state index in [1.807, 2.05) is 0 Å². The van der Waals surface area contributed by atoms with E-state index in [4.69, 9.17) is 9.97 Å². The van der Waals surface area contributed by atoms with Crippen molar-refractivity contribution in [2.45, 2.75) is 0 Å². The molecule has 0 aliphatic carbocycles. The van der Waals surface area contributed by atoms with Crippen LogP contribution in [0.15, 0.2) is 546 Å². The number of para-hydroxylation sites is 4. The van der Waals surface area contributed by atoms with Gasteiger partial charge in [0.25, 0.3) is 0 Å². The Morgan fingerprint density at radius 2 is 0.396 bits per heavy atom. The van der Waals surface area contributed by atoms with Crippen molar-refractivity contribution in [1.29, 1.82) is 0 Å². The molecular weight excluding hydrogens is 1740 g/mol. The third kappa shape index (κ3) is 14.9. The van der Waals surface area contributed by atoms with Gasteiger partial charge in [-0.2, -0.15) is 0 Å². The average Bonchev–Trinajstić information content (AvgIpc) is 0.886. The molecule has 0 N–H and O–H groups in total. The summed E-state index contributed by atoms with van der Waals surface area (Å²) in [5, 5.41) is 22.4. The molecule has 670 valence electrons. The fourth-order valence-electron chi connectivity index (χ4n) is 22.6. The predicted molar refractivity (Wildman–Crippen MR) is 610 cm³/mol. The van der Waals surface area contributed by atoms with E-state index in [1.165, 1.54) is 197 Å². The van der Waals surface area contributed by atoms with Crippen LogP contribution in [0, 0.1) is 0 Å². The highest BCUT2D eigenvalue weighted by Crippen LogP contribution is 2.51. The lowest BCUT2D eigenvalue weighted by Gasteiger charge is -2.20. The first-order valence-corrected chi connectivity index (χ1v) is 49.5. The molecule has 0 aliphatic rings. The first-order valence-electron chi connectivity index (χ1n) is 49.5. The third-order valence-corrected chi connectivity index (χ3v) is 29.3. The van der Waals surface area contributed by atoms with Gasteiger partial charge in [-0.15, -0.1) is 0 Å². The van der Waals surface area contributed by atoms with Gasteiger partial charge in [-0.05, 0) is 316 Å². The first kappa shape index (κ1) is 84.3. The molecule has 0 saturated carbocycles. The summed E-state index contributed by atoms with van der Waals surface area (Å²) in [6, 6.07) is 199. The maximum Gasteiger partial charge on any atom is 0.145 e. The Morgan fingerprint density at radius 3 is 0.854 bits per heavy atom. The quantitative estimate of drug-likeness (QED) is 0.0757. The first-order chi connectivity index (χ1) is 71.4. The number of fused-ring (bicyclic) bond motifs is 13. The minimum Gasteiger partial charge on any atom is -0.292 e. The van der Waals surface area contributed by atoms with Crippen LogP contribution in [0.4, 0.5) is 0 Å². The van der Waals surface area contributed by atoms with E-state index in [9.17, 15) is 0 Å². The number of imidazole rings is 2. The molecular formula is C140H90N4. The van der Waals surface area contributed by atoms with E-state index in [-0.39, 0.29) is 0 Å². The molecule has 0 unspecified atom stereocenters. The summed E-state index contributed by atoms with van der Waals surface area (Å²) in [5.74, 6) is 1.81. The normalized spacial score (nSPS) is 11.6. The van der Waals surface area contributed by atoms with Gasteiger partial charge in [0, 0.05) is 22.5 Å². The van der Waals surface area contributed by atoms with E-state index < -0.39 is 0 Å². The van der Waals surface area contributed by atoms with Crippen molar-refractivity contribution in [3.63, 3.8) is 0 Å². The summed E-state index contributed by atoms with van der Waals surface area (Å²) < 4.78 is 4.64. The Morgan fingerprint density at radius 1 is 0.125 bits per heavy atom. The Hall–Kier alpha value is -19.0. The van der Waals surface area contributed by atoms with Gasteiger partial charge in [-0.1, -0.05) is 449 Å². The van der Waals surface area contributed by atoms with Crippen LogP contribution in [0.25, 0.3) is 276 Å². The summed E-state index contributed by atoms with van der Waals surface area (Å²) in [6.45, 7) is 0. The lowest BCUT2D eigenvalue weighted by Crippen LogP contribution is -1.98. The summed E-state index contributed by atoms with van der Waals surface area (Å²) >= 11 is 0. The van der Waals surface area contributed by atoms with Crippen LogP contribution < -0.4 is 0 Å². The number of rotatable bonds is 15. The molecule has 4 heteroatoms. The van der Waals surface area contributed by atoms with Crippen LogP contribution in [0.3, 0.4) is 0 Å². The lowest BCUT2D eigenvalue weighted by molar-refractivity contribution is 1.10. The van der Waals surface area contributed by atoms with Crippen molar-refractivity contribution in [2.75, 3.05) is 0 Å². The van der Waals surface area contributed by atoms with Crippen molar-refractivity contribution < 1.29 is 0 Å². The summed E-state index contributed by atoms with van der Waals surface area (Å²) in [4.78, 5) is 10.7. The Labute approximate surface area is 834 Å². The van der Waals surface area contributed by atoms with Gasteiger partial charge in [0.2, 0.25) is 0 Å². The highest BCUT2D eigenvalue weighted by molar-refractivity contribution is 6.28. The zero-order valence-corrected chi connectivity index (χ0v) is 78.8. The summed E-state index contributed by atoms with van der Waals surface area (Å²) in [6.07, 6.45) is 0. The van der Waals surface area contributed by atoms with E-state index in [2.05, 4.69) is 555 Å². The summed E-state index contributed by atoms with van der Waals surface area (Å²) in [5.41, 5.74) is 34.7. The number of hydrogen-bond acceptors (Lipinski definition) is 2. The second-order valence-electron chi connectivity index (χ2n) is 37.6. The van der Waals surface area contributed by atoms with Gasteiger partial charge in [0.05, 0.1) is 22.1 Å². The molecule has 4 nitrogen and oxygen atoms in total. The van der Waals surface area contributed by atoms with Crippen LogP contribution in [0.2, 0.25) is 0 Å². The van der Waals surface area contributed by atoms with Crippen molar-refractivity contribution in [2.24, 2.45) is 0 Å². The molecule has 2 heterocycles. The van der Waals surface area contributed by atoms with E-state index in [0.29, 0.717) is 0 Å². The lowest BCUT2D eigenvalue weighted by atomic mass is 9.83. The Kier molecular flexibility index (Phi) is 20.9. The fraction of sp³-hybridized carbons (Fsp3) is 0. The number of hydrogen-bond donors (Lipinski definition) is 0. The molecule has 2 aromatic heterocycles. The largest absolute Gasteiger partial charge is 0.292 e. The van der Waals surface area contributed by atoms with Gasteiger partial charge in [0.1, 0.15) is 11.6 Å². The van der Waals surface area contributed by atoms with Crippen molar-refractivity contribution in [3.8, 4) is 157 Å². The maximum absolute atomic E-state index is 5.36. The smallest absolute Gasteiger partial charge is 0.145 e. The number of benzene rings is 26. The monoisotopic (exact) mass is 1830 g/mol. The average molecular weight is 1830 g/mol. The fourth-order valence-corrected chi connectivity index (χ4v) is 22.6. The molecule has 0 radical (unpaired) electrons. The highest BCUT2D eigenvalue weighted by atomic mass is 15.1. The maximum atomic E-state index is 5.36. The number of aromatic nitrogens is 4. The second-order valence-corrected chi connectivity index (χ2v) is 37.6. The SMILES string of the molecule is c1ccc(-c2cc(-c3ccccc3)cc(-c3cccc(-n4c(-c5ccc(-c6c7ccccc7cc7c6ccc6c(-c8c9ccccc9c(-c9ccccc9)c9ccccc89)cccc67)cc5)nc5ccccc54)c3)c2)cc1.c1ccc(-c2cc(-c3ccccc3)cc(-c3cccc(-n4c(-c5ccc(-c6cccc7c6ccc6c(-c8cccc9ccccc89)c8ccccc8cc67)cc5)nc5ccccc54)c3)c2)cc1. The van der Waals surface area contributed by atoms with Crippen LogP contribution in [-0.2, 0) is 0 Å². The molecule has 28 aromatic rings. The summed E-state index contributed by atoms with van der Waals surface area (Å²) in [7, 11) is 0. The minimum absolute atomic E-state index is 0.899. The topological polar surface area (TPSA) is 35.6 Å². The predicted octanol–water partition coefficient (Wildman–Crippen LogP) is 38.1. The molecule has 0 fully saturated rings. The van der Waals surface area contributed by atoms with Gasteiger partial charge < -0.3 is 0 Å². The van der Waals surface area contributed by atoms with Crippen molar-refractivity contribution >= 4 is 119 Å². The molecule has 0 bridgehead atoms. The van der Waals surface area contributed by atoms with Crippen LogP contribution in [0.1, 0.15) is 0 Å². The molecule has 0 amide bonds. The van der Waals surface area contributed by atoms with Gasteiger partial charge in [0.15, 0.2) is 0 Å². The van der Waals surface area contributed by atoms with Crippen molar-refractivity contribution in [3.05, 3.63) is 546 Å². The van der Waals surface area contributed by atoms with Crippen LogP contribution in [0.5, 0.6) is 0 Å².